The van der Waals surface area contributed by atoms with E-state index in [9.17, 15) is 14.7 Å². The predicted molar refractivity (Wildman–Crippen MR) is 178 cm³/mol. The summed E-state index contributed by atoms with van der Waals surface area (Å²) in [6, 6.07) is 13.7. The van der Waals surface area contributed by atoms with Crippen molar-refractivity contribution in [1.29, 1.82) is 0 Å². The molecule has 2 amide bonds. The van der Waals surface area contributed by atoms with E-state index in [1.807, 2.05) is 75.4 Å². The summed E-state index contributed by atoms with van der Waals surface area (Å²) in [7, 11) is 0. The van der Waals surface area contributed by atoms with Crippen LogP contribution in [0.1, 0.15) is 62.1 Å². The average molecular weight is 629 g/mol. The number of fused-ring (bicyclic) bond motifs is 1. The minimum atomic E-state index is -1.24. The van der Waals surface area contributed by atoms with Crippen LogP contribution in [0.15, 0.2) is 73.8 Å². The number of benzene rings is 2. The van der Waals surface area contributed by atoms with Gasteiger partial charge in [-0.05, 0) is 75.5 Å². The van der Waals surface area contributed by atoms with Gasteiger partial charge in [0, 0.05) is 12.2 Å². The quantitative estimate of drug-likeness (QED) is 0.160. The molecule has 2 aromatic rings. The molecule has 0 aliphatic carbocycles. The van der Waals surface area contributed by atoms with Gasteiger partial charge in [0.2, 0.25) is 5.91 Å². The highest BCUT2D eigenvalue weighted by atomic mass is 16.6. The third-order valence-corrected chi connectivity index (χ3v) is 10.4. The van der Waals surface area contributed by atoms with Crippen LogP contribution in [0.5, 0.6) is 0 Å². The molecular weight excluding hydrogens is 580 g/mol. The van der Waals surface area contributed by atoms with E-state index in [2.05, 4.69) is 13.2 Å². The standard InChI is InChI=1S/C38H48N2O6/c1-6-9-10-14-23-45-36(44)31-30-34(42)40(29(25-41)24-28-18-12-11-13-19-28)33(38(30)21-20-37(31,8-3)46-38)35(43)39(22-7-2)32-26(4)16-15-17-27(32)5/h6-7,11-13,15-19,29-31,33,41H,1-2,8-10,14,20-25H2,3-5H3/t29-,30+,31+,33?,37-,38?/m1/s1. The van der Waals surface area contributed by atoms with Crippen molar-refractivity contribution in [3.63, 3.8) is 0 Å². The topological polar surface area (TPSA) is 96.4 Å². The third-order valence-electron chi connectivity index (χ3n) is 10.4. The van der Waals surface area contributed by atoms with Gasteiger partial charge in [-0.2, -0.15) is 0 Å². The lowest BCUT2D eigenvalue weighted by Crippen LogP contribution is -2.59. The molecule has 5 rings (SSSR count). The van der Waals surface area contributed by atoms with Gasteiger partial charge in [0.15, 0.2) is 0 Å². The molecule has 3 aliphatic heterocycles. The number of aliphatic hydroxyl groups excluding tert-OH is 1. The van der Waals surface area contributed by atoms with Gasteiger partial charge in [0.25, 0.3) is 5.91 Å². The minimum absolute atomic E-state index is 0.224. The molecule has 2 bridgehead atoms. The number of hydrogen-bond acceptors (Lipinski definition) is 6. The fraction of sp³-hybridized carbons (Fsp3) is 0.500. The van der Waals surface area contributed by atoms with Crippen molar-refractivity contribution in [2.75, 3.05) is 24.7 Å². The maximum absolute atomic E-state index is 15.1. The van der Waals surface area contributed by atoms with Crippen molar-refractivity contribution in [3.05, 3.63) is 90.5 Å². The number of para-hydroxylation sites is 1. The number of unbranched alkanes of at least 4 members (excludes halogenated alkanes) is 2. The van der Waals surface area contributed by atoms with Gasteiger partial charge in [-0.25, -0.2) is 0 Å². The zero-order valence-corrected chi connectivity index (χ0v) is 27.5. The summed E-state index contributed by atoms with van der Waals surface area (Å²) < 4.78 is 12.8. The Morgan fingerprint density at radius 1 is 1.09 bits per heavy atom. The van der Waals surface area contributed by atoms with E-state index < -0.39 is 41.1 Å². The van der Waals surface area contributed by atoms with E-state index in [4.69, 9.17) is 9.47 Å². The Kier molecular flexibility index (Phi) is 10.2. The summed E-state index contributed by atoms with van der Waals surface area (Å²) in [6.45, 7) is 13.7. The number of allylic oxidation sites excluding steroid dienone is 1. The normalized spacial score (nSPS) is 26.9. The Balaban J connectivity index is 1.60. The highest BCUT2D eigenvalue weighted by Gasteiger charge is 2.79. The molecule has 246 valence electrons. The van der Waals surface area contributed by atoms with E-state index in [-0.39, 0.29) is 31.6 Å². The summed E-state index contributed by atoms with van der Waals surface area (Å²) >= 11 is 0. The summed E-state index contributed by atoms with van der Waals surface area (Å²) in [5.74, 6) is -2.83. The minimum Gasteiger partial charge on any atom is -0.465 e. The number of rotatable bonds is 15. The number of esters is 1. The number of anilines is 1. The lowest BCUT2D eigenvalue weighted by Gasteiger charge is -2.40. The predicted octanol–water partition coefficient (Wildman–Crippen LogP) is 5.48. The van der Waals surface area contributed by atoms with Crippen molar-refractivity contribution in [2.45, 2.75) is 89.0 Å². The van der Waals surface area contributed by atoms with Crippen LogP contribution in [0.25, 0.3) is 0 Å². The Hall–Kier alpha value is -3.75. The van der Waals surface area contributed by atoms with Crippen LogP contribution in [0.2, 0.25) is 0 Å². The molecule has 2 unspecified atom stereocenters. The molecule has 3 saturated heterocycles. The van der Waals surface area contributed by atoms with Crippen molar-refractivity contribution >= 4 is 23.5 Å². The molecule has 8 heteroatoms. The number of carbonyl (C=O) groups is 3. The Morgan fingerprint density at radius 2 is 1.80 bits per heavy atom. The number of likely N-dealkylation sites (tertiary alicyclic amines) is 1. The van der Waals surface area contributed by atoms with Crippen molar-refractivity contribution in [2.24, 2.45) is 11.8 Å². The second-order valence-corrected chi connectivity index (χ2v) is 13.0. The lowest BCUT2D eigenvalue weighted by molar-refractivity contribution is -0.162. The summed E-state index contributed by atoms with van der Waals surface area (Å²) in [6.07, 6.45) is 7.73. The van der Waals surface area contributed by atoms with Gasteiger partial charge in [0.1, 0.15) is 17.6 Å². The maximum atomic E-state index is 15.1. The van der Waals surface area contributed by atoms with Gasteiger partial charge in [-0.15, -0.1) is 13.2 Å². The van der Waals surface area contributed by atoms with Crippen LogP contribution >= 0.6 is 0 Å². The lowest BCUT2D eigenvalue weighted by atomic mass is 9.65. The summed E-state index contributed by atoms with van der Waals surface area (Å²) in [4.78, 5) is 47.1. The molecule has 3 fully saturated rings. The van der Waals surface area contributed by atoms with Crippen molar-refractivity contribution in [3.8, 4) is 0 Å². The zero-order chi connectivity index (χ0) is 33.1. The van der Waals surface area contributed by atoms with Crippen LogP contribution in [-0.4, -0.2) is 70.8 Å². The van der Waals surface area contributed by atoms with Gasteiger partial charge in [-0.3, -0.25) is 14.4 Å². The van der Waals surface area contributed by atoms with Gasteiger partial charge < -0.3 is 24.4 Å². The van der Waals surface area contributed by atoms with Crippen molar-refractivity contribution in [1.82, 2.24) is 4.90 Å². The van der Waals surface area contributed by atoms with Crippen LogP contribution < -0.4 is 4.90 Å². The number of ether oxygens (including phenoxy) is 2. The average Bonchev–Trinajstić information content (AvgIpc) is 3.66. The zero-order valence-electron chi connectivity index (χ0n) is 27.5. The summed E-state index contributed by atoms with van der Waals surface area (Å²) in [5.41, 5.74) is 1.39. The van der Waals surface area contributed by atoms with E-state index in [1.54, 1.807) is 15.9 Å². The molecule has 8 nitrogen and oxygen atoms in total. The summed E-state index contributed by atoms with van der Waals surface area (Å²) in [5, 5.41) is 10.8. The molecule has 1 N–H and O–H groups in total. The van der Waals surface area contributed by atoms with E-state index in [0.29, 0.717) is 32.1 Å². The maximum Gasteiger partial charge on any atom is 0.312 e. The monoisotopic (exact) mass is 628 g/mol. The first-order valence-electron chi connectivity index (χ1n) is 16.6. The number of hydrogen-bond donors (Lipinski definition) is 1. The molecule has 1 spiro atoms. The highest BCUT2D eigenvalue weighted by molar-refractivity contribution is 6.05. The van der Waals surface area contributed by atoms with Gasteiger partial charge >= 0.3 is 5.97 Å². The van der Waals surface area contributed by atoms with E-state index in [1.165, 1.54) is 0 Å². The largest absolute Gasteiger partial charge is 0.465 e. The SMILES string of the molecule is C=CCCCCOC(=O)[C@@H]1[C@H]2C(=O)N([C@@H](CO)Cc3ccccc3)C(C(=O)N(CC=C)c3c(C)cccc3C)C23CC[C@@]1(CC)O3. The second-order valence-electron chi connectivity index (χ2n) is 13.0. The first-order valence-corrected chi connectivity index (χ1v) is 16.6. The molecule has 3 heterocycles. The molecule has 0 saturated carbocycles. The molecule has 6 atom stereocenters. The first kappa shape index (κ1) is 33.6. The fourth-order valence-electron chi connectivity index (χ4n) is 8.28. The highest BCUT2D eigenvalue weighted by Crippen LogP contribution is 2.65. The number of nitrogens with zero attached hydrogens (tertiary/aromatic N) is 2. The number of carbonyl (C=O) groups excluding carboxylic acids is 3. The number of aryl methyl sites for hydroxylation is 2. The van der Waals surface area contributed by atoms with Crippen LogP contribution in [0, 0.1) is 25.7 Å². The van der Waals surface area contributed by atoms with Crippen molar-refractivity contribution < 1.29 is 29.0 Å². The molecule has 0 radical (unpaired) electrons. The second kappa shape index (κ2) is 13.9. The smallest absolute Gasteiger partial charge is 0.312 e. The van der Waals surface area contributed by atoms with E-state index >= 15 is 4.79 Å². The Bertz CT molecular complexity index is 1440. The molecule has 3 aliphatic rings. The van der Waals surface area contributed by atoms with E-state index in [0.717, 1.165) is 35.2 Å². The third kappa shape index (κ3) is 5.71. The van der Waals surface area contributed by atoms with Gasteiger partial charge in [-0.1, -0.05) is 67.6 Å². The number of amides is 2. The Morgan fingerprint density at radius 3 is 2.43 bits per heavy atom. The number of aliphatic hydroxyl groups is 1. The molecule has 0 aromatic heterocycles. The van der Waals surface area contributed by atoms with Crippen LogP contribution in [-0.2, 0) is 30.3 Å². The first-order chi connectivity index (χ1) is 22.2. The van der Waals surface area contributed by atoms with Crippen LogP contribution in [0.3, 0.4) is 0 Å². The molecular formula is C38H48N2O6. The molecule has 46 heavy (non-hydrogen) atoms. The fourth-order valence-corrected chi connectivity index (χ4v) is 8.28. The van der Waals surface area contributed by atoms with Gasteiger partial charge in [0.05, 0.1) is 30.8 Å². The van der Waals surface area contributed by atoms with Crippen LogP contribution in [0.4, 0.5) is 5.69 Å². The Labute approximate surface area is 273 Å². The molecule has 2 aromatic carbocycles.